The Morgan fingerprint density at radius 3 is 3.07 bits per heavy atom. The van der Waals surface area contributed by atoms with Gasteiger partial charge in [-0.2, -0.15) is 0 Å². The second kappa shape index (κ2) is 5.78. The van der Waals surface area contributed by atoms with Gasteiger partial charge in [-0.05, 0) is 30.2 Å². The Morgan fingerprint density at radius 2 is 2.40 bits per heavy atom. The molecule has 0 aliphatic carbocycles. The third-order valence-electron chi connectivity index (χ3n) is 1.71. The minimum Gasteiger partial charge on any atom is -0.489 e. The van der Waals surface area contributed by atoms with Crippen LogP contribution in [0.5, 0.6) is 5.75 Å². The van der Waals surface area contributed by atoms with Crippen molar-refractivity contribution in [3.63, 3.8) is 0 Å². The minimum absolute atomic E-state index is 0.341. The molecule has 0 aliphatic heterocycles. The molecule has 0 unspecified atom stereocenters. The Bertz CT molecular complexity index is 392. The van der Waals surface area contributed by atoms with Gasteiger partial charge in [-0.15, -0.1) is 0 Å². The molecule has 0 atom stereocenters. The normalized spacial score (nSPS) is 9.13. The second-order valence-electron chi connectivity index (χ2n) is 3.30. The zero-order valence-corrected chi connectivity index (χ0v) is 8.69. The van der Waals surface area contributed by atoms with Crippen LogP contribution in [0.2, 0.25) is 0 Å². The van der Waals surface area contributed by atoms with Crippen LogP contribution in [0.25, 0.3) is 0 Å². The molecule has 0 aromatic heterocycles. The Hall–Kier alpha value is -1.86. The number of rotatable bonds is 5. The Balaban J connectivity index is 2.65. The molecular weight excluding hydrogens is 190 g/mol. The van der Waals surface area contributed by atoms with Crippen molar-refractivity contribution in [1.29, 1.82) is 0 Å². The number of benzene rings is 1. The highest BCUT2D eigenvalue weighted by Gasteiger charge is 1.96. The van der Waals surface area contributed by atoms with Crippen molar-refractivity contribution in [1.82, 2.24) is 0 Å². The number of isocyanates is 1. The molecule has 3 nitrogen and oxygen atoms in total. The second-order valence-corrected chi connectivity index (χ2v) is 3.30. The number of hydrogen-bond donors (Lipinski definition) is 0. The molecule has 0 N–H and O–H groups in total. The molecule has 15 heavy (non-hydrogen) atoms. The van der Waals surface area contributed by atoms with Gasteiger partial charge in [0.1, 0.15) is 12.4 Å². The smallest absolute Gasteiger partial charge is 0.235 e. The third-order valence-corrected chi connectivity index (χ3v) is 1.71. The standard InChI is InChI=1S/C12H13NO2/c1-10(2)8-15-12-5-3-4-11(6-12)7-13-9-14/h3-6H,1,7-8H2,2H3. The monoisotopic (exact) mass is 203 g/mol. The van der Waals surface area contributed by atoms with E-state index in [4.69, 9.17) is 4.74 Å². The first kappa shape index (κ1) is 11.2. The number of ether oxygens (including phenoxy) is 1. The lowest BCUT2D eigenvalue weighted by Crippen LogP contribution is -1.97. The summed E-state index contributed by atoms with van der Waals surface area (Å²) in [5.41, 5.74) is 1.89. The van der Waals surface area contributed by atoms with E-state index in [1.54, 1.807) is 0 Å². The first-order chi connectivity index (χ1) is 7.22. The van der Waals surface area contributed by atoms with Crippen LogP contribution in [0, 0.1) is 0 Å². The summed E-state index contributed by atoms with van der Waals surface area (Å²) in [5, 5.41) is 0. The first-order valence-electron chi connectivity index (χ1n) is 4.62. The molecule has 1 aromatic carbocycles. The lowest BCUT2D eigenvalue weighted by molar-refractivity contribution is 0.352. The Labute approximate surface area is 89.1 Å². The van der Waals surface area contributed by atoms with Crippen molar-refractivity contribution >= 4 is 6.08 Å². The maximum Gasteiger partial charge on any atom is 0.235 e. The molecule has 0 bridgehead atoms. The van der Waals surface area contributed by atoms with Gasteiger partial charge in [0.15, 0.2) is 0 Å². The number of aliphatic imine (C=N–C) groups is 1. The molecular formula is C12H13NO2. The van der Waals surface area contributed by atoms with E-state index in [0.717, 1.165) is 16.9 Å². The van der Waals surface area contributed by atoms with Crippen molar-refractivity contribution in [3.8, 4) is 5.75 Å². The predicted molar refractivity (Wildman–Crippen MR) is 58.6 cm³/mol. The number of carbonyl (C=O) groups excluding carboxylic acids is 1. The molecule has 0 fully saturated rings. The van der Waals surface area contributed by atoms with E-state index in [-0.39, 0.29) is 0 Å². The molecule has 3 heteroatoms. The maximum atomic E-state index is 9.94. The van der Waals surface area contributed by atoms with E-state index in [2.05, 4.69) is 11.6 Å². The lowest BCUT2D eigenvalue weighted by atomic mass is 10.2. The van der Waals surface area contributed by atoms with Gasteiger partial charge >= 0.3 is 0 Å². The van der Waals surface area contributed by atoms with Gasteiger partial charge < -0.3 is 4.74 Å². The number of nitrogens with zero attached hydrogens (tertiary/aromatic N) is 1. The summed E-state index contributed by atoms with van der Waals surface area (Å²) in [6.45, 7) is 6.49. The fraction of sp³-hybridized carbons (Fsp3) is 0.250. The Kier molecular flexibility index (Phi) is 4.32. The van der Waals surface area contributed by atoms with E-state index in [1.807, 2.05) is 31.2 Å². The van der Waals surface area contributed by atoms with Gasteiger partial charge in [-0.25, -0.2) is 9.79 Å². The SMILES string of the molecule is C=C(C)COc1cccc(CN=C=O)c1. The summed E-state index contributed by atoms with van der Waals surface area (Å²) in [6, 6.07) is 7.46. The van der Waals surface area contributed by atoms with Crippen molar-refractivity contribution < 1.29 is 9.53 Å². The summed E-state index contributed by atoms with van der Waals surface area (Å²) >= 11 is 0. The highest BCUT2D eigenvalue weighted by molar-refractivity contribution is 5.35. The summed E-state index contributed by atoms with van der Waals surface area (Å²) < 4.78 is 5.45. The maximum absolute atomic E-state index is 9.94. The third kappa shape index (κ3) is 4.25. The van der Waals surface area contributed by atoms with Crippen LogP contribution in [0.1, 0.15) is 12.5 Å². The summed E-state index contributed by atoms with van der Waals surface area (Å²) in [6.07, 6.45) is 1.51. The van der Waals surface area contributed by atoms with Crippen LogP contribution in [-0.4, -0.2) is 12.7 Å². The topological polar surface area (TPSA) is 38.7 Å². The van der Waals surface area contributed by atoms with Crippen LogP contribution in [-0.2, 0) is 11.3 Å². The highest BCUT2D eigenvalue weighted by atomic mass is 16.5. The fourth-order valence-electron chi connectivity index (χ4n) is 1.06. The minimum atomic E-state index is 0.341. The molecule has 0 saturated heterocycles. The number of hydrogen-bond acceptors (Lipinski definition) is 3. The quantitative estimate of drug-likeness (QED) is 0.419. The molecule has 0 heterocycles. The molecule has 0 radical (unpaired) electrons. The largest absolute Gasteiger partial charge is 0.489 e. The van der Waals surface area contributed by atoms with E-state index in [1.165, 1.54) is 6.08 Å². The molecule has 0 spiro atoms. The van der Waals surface area contributed by atoms with Gasteiger partial charge in [0, 0.05) is 0 Å². The van der Waals surface area contributed by atoms with Crippen molar-refractivity contribution in [2.45, 2.75) is 13.5 Å². The molecule has 0 aliphatic rings. The predicted octanol–water partition coefficient (Wildman–Crippen LogP) is 2.48. The average molecular weight is 203 g/mol. The van der Waals surface area contributed by atoms with Crippen LogP contribution >= 0.6 is 0 Å². The van der Waals surface area contributed by atoms with Gasteiger partial charge in [-0.1, -0.05) is 18.7 Å². The molecule has 1 aromatic rings. The first-order valence-corrected chi connectivity index (χ1v) is 4.62. The van der Waals surface area contributed by atoms with Crippen molar-refractivity contribution in [3.05, 3.63) is 42.0 Å². The molecule has 0 saturated carbocycles. The van der Waals surface area contributed by atoms with Crippen LogP contribution in [0.15, 0.2) is 41.4 Å². The Morgan fingerprint density at radius 1 is 1.60 bits per heavy atom. The molecule has 78 valence electrons. The van der Waals surface area contributed by atoms with Crippen LogP contribution in [0.3, 0.4) is 0 Å². The highest BCUT2D eigenvalue weighted by Crippen LogP contribution is 2.14. The van der Waals surface area contributed by atoms with Crippen LogP contribution < -0.4 is 4.74 Å². The molecule has 0 amide bonds. The zero-order chi connectivity index (χ0) is 11.1. The average Bonchev–Trinajstić information content (AvgIpc) is 2.24. The van der Waals surface area contributed by atoms with Gasteiger partial charge in [-0.3, -0.25) is 0 Å². The van der Waals surface area contributed by atoms with Gasteiger partial charge in [0.05, 0.1) is 6.54 Å². The van der Waals surface area contributed by atoms with Crippen molar-refractivity contribution in [2.24, 2.45) is 4.99 Å². The summed E-state index contributed by atoms with van der Waals surface area (Å²) in [7, 11) is 0. The van der Waals surface area contributed by atoms with E-state index >= 15 is 0 Å². The van der Waals surface area contributed by atoms with E-state index < -0.39 is 0 Å². The van der Waals surface area contributed by atoms with E-state index in [0.29, 0.717) is 13.2 Å². The molecule has 1 rings (SSSR count). The fourth-order valence-corrected chi connectivity index (χ4v) is 1.06. The van der Waals surface area contributed by atoms with Gasteiger partial charge in [0.2, 0.25) is 6.08 Å². The van der Waals surface area contributed by atoms with Gasteiger partial charge in [0.25, 0.3) is 0 Å². The summed E-state index contributed by atoms with van der Waals surface area (Å²) in [4.78, 5) is 13.4. The van der Waals surface area contributed by atoms with Crippen molar-refractivity contribution in [2.75, 3.05) is 6.61 Å². The van der Waals surface area contributed by atoms with E-state index in [9.17, 15) is 4.79 Å². The lowest BCUT2D eigenvalue weighted by Gasteiger charge is -2.06. The van der Waals surface area contributed by atoms with Crippen LogP contribution in [0.4, 0.5) is 0 Å². The summed E-state index contributed by atoms with van der Waals surface area (Å²) in [5.74, 6) is 0.761. The zero-order valence-electron chi connectivity index (χ0n) is 8.69.